The summed E-state index contributed by atoms with van der Waals surface area (Å²) < 4.78 is 0. The molecule has 0 saturated carbocycles. The summed E-state index contributed by atoms with van der Waals surface area (Å²) in [6.45, 7) is 0. The summed E-state index contributed by atoms with van der Waals surface area (Å²) >= 11 is 0. The number of nitro groups is 1. The van der Waals surface area contributed by atoms with E-state index in [0.717, 1.165) is 16.5 Å². The van der Waals surface area contributed by atoms with Crippen LogP contribution < -0.4 is 0 Å². The molecule has 3 aromatic rings. The first-order valence-electron chi connectivity index (χ1n) is 5.41. The summed E-state index contributed by atoms with van der Waals surface area (Å²) in [5.41, 5.74) is 2.35. The van der Waals surface area contributed by atoms with Crippen molar-refractivity contribution in [1.82, 2.24) is 9.97 Å². The van der Waals surface area contributed by atoms with Gasteiger partial charge in [-0.2, -0.15) is 0 Å². The molecule has 0 unspecified atom stereocenters. The standard InChI is InChI=1S/C13H9N3O2/c17-16(18)13-8-14-5-4-11(13)10-2-1-9-3-6-15-12(9)7-10/h1-8,15H. The first-order valence-corrected chi connectivity index (χ1v) is 5.41. The van der Waals surface area contributed by atoms with Crippen LogP contribution in [0.1, 0.15) is 0 Å². The van der Waals surface area contributed by atoms with Gasteiger partial charge in [-0.3, -0.25) is 15.1 Å². The Hall–Kier alpha value is -2.69. The Kier molecular flexibility index (Phi) is 2.30. The fraction of sp³-hybridized carbons (Fsp3) is 0. The molecule has 0 saturated heterocycles. The van der Waals surface area contributed by atoms with Gasteiger partial charge in [0.2, 0.25) is 0 Å². The Bertz CT molecular complexity index is 734. The summed E-state index contributed by atoms with van der Waals surface area (Å²) in [4.78, 5) is 17.4. The van der Waals surface area contributed by atoms with Crippen molar-refractivity contribution in [3.63, 3.8) is 0 Å². The highest BCUT2D eigenvalue weighted by atomic mass is 16.6. The number of aromatic amines is 1. The molecule has 1 N–H and O–H groups in total. The van der Waals surface area contributed by atoms with Crippen LogP contribution in [-0.2, 0) is 0 Å². The third-order valence-corrected chi connectivity index (χ3v) is 2.86. The fourth-order valence-electron chi connectivity index (χ4n) is 1.99. The maximum absolute atomic E-state index is 11.0. The smallest absolute Gasteiger partial charge is 0.295 e. The summed E-state index contributed by atoms with van der Waals surface area (Å²) in [6, 6.07) is 9.32. The number of hydrogen-bond donors (Lipinski definition) is 1. The molecule has 5 heteroatoms. The van der Waals surface area contributed by atoms with E-state index in [2.05, 4.69) is 9.97 Å². The molecule has 0 amide bonds. The molecule has 18 heavy (non-hydrogen) atoms. The van der Waals surface area contributed by atoms with Gasteiger partial charge in [0.1, 0.15) is 6.20 Å². The zero-order valence-electron chi connectivity index (χ0n) is 9.33. The molecule has 5 nitrogen and oxygen atoms in total. The summed E-state index contributed by atoms with van der Waals surface area (Å²) in [5.74, 6) is 0. The third-order valence-electron chi connectivity index (χ3n) is 2.86. The molecule has 0 spiro atoms. The minimum atomic E-state index is -0.415. The van der Waals surface area contributed by atoms with Gasteiger partial charge in [-0.25, -0.2) is 0 Å². The summed E-state index contributed by atoms with van der Waals surface area (Å²) in [7, 11) is 0. The van der Waals surface area contributed by atoms with E-state index in [9.17, 15) is 10.1 Å². The van der Waals surface area contributed by atoms with Crippen molar-refractivity contribution in [3.8, 4) is 11.1 Å². The lowest BCUT2D eigenvalue weighted by molar-refractivity contribution is -0.384. The maximum Gasteiger partial charge on any atom is 0.295 e. The lowest BCUT2D eigenvalue weighted by Gasteiger charge is -2.02. The van der Waals surface area contributed by atoms with E-state index in [4.69, 9.17) is 0 Å². The van der Waals surface area contributed by atoms with Crippen LogP contribution in [0.3, 0.4) is 0 Å². The van der Waals surface area contributed by atoms with Crippen LogP contribution in [0.4, 0.5) is 5.69 Å². The molecule has 0 atom stereocenters. The Morgan fingerprint density at radius 1 is 1.22 bits per heavy atom. The first kappa shape index (κ1) is 10.5. The molecule has 3 rings (SSSR count). The molecule has 0 bridgehead atoms. The Morgan fingerprint density at radius 3 is 2.94 bits per heavy atom. The average molecular weight is 239 g/mol. The van der Waals surface area contributed by atoms with Gasteiger partial charge in [-0.05, 0) is 29.1 Å². The van der Waals surface area contributed by atoms with E-state index in [1.807, 2.05) is 30.5 Å². The predicted octanol–water partition coefficient (Wildman–Crippen LogP) is 3.14. The second kappa shape index (κ2) is 3.96. The van der Waals surface area contributed by atoms with E-state index >= 15 is 0 Å². The lowest BCUT2D eigenvalue weighted by Crippen LogP contribution is -1.92. The number of nitrogens with one attached hydrogen (secondary N) is 1. The molecule has 1 aromatic carbocycles. The number of nitrogens with zero attached hydrogens (tertiary/aromatic N) is 2. The van der Waals surface area contributed by atoms with E-state index in [1.54, 1.807) is 12.3 Å². The molecule has 2 heterocycles. The van der Waals surface area contributed by atoms with Gasteiger partial charge in [-0.1, -0.05) is 12.1 Å². The van der Waals surface area contributed by atoms with Gasteiger partial charge in [0, 0.05) is 17.9 Å². The lowest BCUT2D eigenvalue weighted by atomic mass is 10.0. The highest BCUT2D eigenvalue weighted by molar-refractivity contribution is 5.86. The van der Waals surface area contributed by atoms with Crippen LogP contribution in [0, 0.1) is 10.1 Å². The fourth-order valence-corrected chi connectivity index (χ4v) is 1.99. The molecule has 0 aliphatic heterocycles. The van der Waals surface area contributed by atoms with E-state index in [1.165, 1.54) is 6.20 Å². The number of fused-ring (bicyclic) bond motifs is 1. The molecule has 0 aliphatic rings. The zero-order chi connectivity index (χ0) is 12.5. The van der Waals surface area contributed by atoms with Gasteiger partial charge >= 0.3 is 0 Å². The number of rotatable bonds is 2. The number of pyridine rings is 1. The van der Waals surface area contributed by atoms with Crippen LogP contribution >= 0.6 is 0 Å². The SMILES string of the molecule is O=[N+]([O-])c1cnccc1-c1ccc2cc[nH]c2c1. The molecule has 88 valence electrons. The Labute approximate surface area is 102 Å². The van der Waals surface area contributed by atoms with Gasteiger partial charge < -0.3 is 4.98 Å². The molecule has 0 fully saturated rings. The number of hydrogen-bond acceptors (Lipinski definition) is 3. The first-order chi connectivity index (χ1) is 8.75. The molecule has 0 aliphatic carbocycles. The second-order valence-corrected chi connectivity index (χ2v) is 3.93. The number of aromatic nitrogens is 2. The predicted molar refractivity (Wildman–Crippen MR) is 68.2 cm³/mol. The van der Waals surface area contributed by atoms with Crippen LogP contribution in [0.2, 0.25) is 0 Å². The van der Waals surface area contributed by atoms with Crippen molar-refractivity contribution < 1.29 is 4.92 Å². The van der Waals surface area contributed by atoms with Crippen LogP contribution in [0.25, 0.3) is 22.0 Å². The zero-order valence-corrected chi connectivity index (χ0v) is 9.33. The van der Waals surface area contributed by atoms with Crippen LogP contribution in [0.15, 0.2) is 48.9 Å². The minimum absolute atomic E-state index is 0.0170. The summed E-state index contributed by atoms with van der Waals surface area (Å²) in [5, 5.41) is 12.0. The largest absolute Gasteiger partial charge is 0.361 e. The summed E-state index contributed by atoms with van der Waals surface area (Å²) in [6.07, 6.45) is 4.67. The van der Waals surface area contributed by atoms with E-state index < -0.39 is 4.92 Å². The number of benzene rings is 1. The monoisotopic (exact) mass is 239 g/mol. The molecular weight excluding hydrogens is 230 g/mol. The molecule has 0 radical (unpaired) electrons. The molecule has 2 aromatic heterocycles. The van der Waals surface area contributed by atoms with Crippen molar-refractivity contribution in [2.75, 3.05) is 0 Å². The highest BCUT2D eigenvalue weighted by Crippen LogP contribution is 2.30. The average Bonchev–Trinajstić information content (AvgIpc) is 2.85. The highest BCUT2D eigenvalue weighted by Gasteiger charge is 2.15. The van der Waals surface area contributed by atoms with E-state index in [-0.39, 0.29) is 5.69 Å². The Balaban J connectivity index is 2.22. The second-order valence-electron chi connectivity index (χ2n) is 3.93. The van der Waals surface area contributed by atoms with Gasteiger partial charge in [0.15, 0.2) is 0 Å². The van der Waals surface area contributed by atoms with Crippen LogP contribution in [-0.4, -0.2) is 14.9 Å². The van der Waals surface area contributed by atoms with Gasteiger partial charge in [0.25, 0.3) is 5.69 Å². The molecular formula is C13H9N3O2. The van der Waals surface area contributed by atoms with Crippen LogP contribution in [0.5, 0.6) is 0 Å². The quantitative estimate of drug-likeness (QED) is 0.551. The van der Waals surface area contributed by atoms with Gasteiger partial charge in [-0.15, -0.1) is 0 Å². The third kappa shape index (κ3) is 1.62. The Morgan fingerprint density at radius 2 is 2.11 bits per heavy atom. The van der Waals surface area contributed by atoms with E-state index in [0.29, 0.717) is 5.56 Å². The maximum atomic E-state index is 11.0. The normalized spacial score (nSPS) is 10.7. The topological polar surface area (TPSA) is 71.8 Å². The van der Waals surface area contributed by atoms with Crippen molar-refractivity contribution in [2.45, 2.75) is 0 Å². The van der Waals surface area contributed by atoms with Crippen molar-refractivity contribution in [2.24, 2.45) is 0 Å². The van der Waals surface area contributed by atoms with Crippen molar-refractivity contribution in [3.05, 3.63) is 59.0 Å². The van der Waals surface area contributed by atoms with Gasteiger partial charge in [0.05, 0.1) is 10.5 Å². The number of H-pyrrole nitrogens is 1. The van der Waals surface area contributed by atoms with Crippen molar-refractivity contribution in [1.29, 1.82) is 0 Å². The minimum Gasteiger partial charge on any atom is -0.361 e. The van der Waals surface area contributed by atoms with Crippen molar-refractivity contribution >= 4 is 16.6 Å².